The molecule has 2 heterocycles. The van der Waals surface area contributed by atoms with E-state index in [1.54, 1.807) is 13.3 Å². The lowest BCUT2D eigenvalue weighted by molar-refractivity contribution is -0.117. The van der Waals surface area contributed by atoms with Gasteiger partial charge in [-0.25, -0.2) is 4.98 Å². The summed E-state index contributed by atoms with van der Waals surface area (Å²) in [6.07, 6.45) is 1.78. The fourth-order valence-electron chi connectivity index (χ4n) is 2.95. The van der Waals surface area contributed by atoms with Gasteiger partial charge >= 0.3 is 0 Å². The van der Waals surface area contributed by atoms with Crippen LogP contribution in [-0.4, -0.2) is 60.5 Å². The Labute approximate surface area is 148 Å². The van der Waals surface area contributed by atoms with Crippen molar-refractivity contribution in [3.8, 4) is 5.88 Å². The molecule has 25 heavy (non-hydrogen) atoms. The zero-order valence-corrected chi connectivity index (χ0v) is 14.5. The van der Waals surface area contributed by atoms with Crippen LogP contribution < -0.4 is 10.1 Å². The number of amides is 1. The van der Waals surface area contributed by atoms with Gasteiger partial charge in [0.1, 0.15) is 0 Å². The minimum atomic E-state index is 0.0403. The third-order valence-electron chi connectivity index (χ3n) is 4.30. The summed E-state index contributed by atoms with van der Waals surface area (Å²) in [5, 5.41) is 2.94. The molecule has 0 saturated carbocycles. The number of hydrogen-bond acceptors (Lipinski definition) is 5. The summed E-state index contributed by atoms with van der Waals surface area (Å²) < 4.78 is 5.17. The summed E-state index contributed by atoms with van der Waals surface area (Å²) in [5.41, 5.74) is 2.04. The highest BCUT2D eigenvalue weighted by Crippen LogP contribution is 2.13. The highest BCUT2D eigenvalue weighted by Gasteiger charge is 2.19. The van der Waals surface area contributed by atoms with Crippen LogP contribution in [0.1, 0.15) is 5.56 Å². The zero-order valence-electron chi connectivity index (χ0n) is 14.5. The number of benzene rings is 1. The van der Waals surface area contributed by atoms with E-state index in [9.17, 15) is 4.79 Å². The van der Waals surface area contributed by atoms with Crippen LogP contribution >= 0.6 is 0 Å². The molecule has 3 rings (SSSR count). The van der Waals surface area contributed by atoms with Crippen molar-refractivity contribution in [3.05, 3.63) is 54.2 Å². The van der Waals surface area contributed by atoms with Gasteiger partial charge in [-0.15, -0.1) is 0 Å². The van der Waals surface area contributed by atoms with Gasteiger partial charge < -0.3 is 10.1 Å². The number of pyridine rings is 1. The average Bonchev–Trinajstić information content (AvgIpc) is 2.64. The summed E-state index contributed by atoms with van der Waals surface area (Å²) in [5.74, 6) is 0.687. The normalized spacial score (nSPS) is 15.7. The fourth-order valence-corrected chi connectivity index (χ4v) is 2.95. The molecule has 0 aliphatic carbocycles. The number of carbonyl (C=O) groups excluding carboxylic acids is 1. The molecule has 1 aliphatic heterocycles. The summed E-state index contributed by atoms with van der Waals surface area (Å²) in [7, 11) is 1.63. The monoisotopic (exact) mass is 340 g/mol. The number of rotatable bonds is 6. The molecule has 0 unspecified atom stereocenters. The predicted octanol–water partition coefficient (Wildman–Crippen LogP) is 1.85. The quantitative estimate of drug-likeness (QED) is 0.870. The molecule has 0 bridgehead atoms. The lowest BCUT2D eigenvalue weighted by Gasteiger charge is -2.34. The van der Waals surface area contributed by atoms with Crippen LogP contribution in [0.5, 0.6) is 5.88 Å². The van der Waals surface area contributed by atoms with Gasteiger partial charge in [0.15, 0.2) is 0 Å². The van der Waals surface area contributed by atoms with Crippen LogP contribution in [0.2, 0.25) is 0 Å². The lowest BCUT2D eigenvalue weighted by atomic mass is 10.2. The molecule has 1 aromatic carbocycles. The molecule has 1 fully saturated rings. The van der Waals surface area contributed by atoms with E-state index < -0.39 is 0 Å². The van der Waals surface area contributed by atoms with Crippen molar-refractivity contribution in [3.63, 3.8) is 0 Å². The molecule has 1 amide bonds. The third kappa shape index (κ3) is 5.27. The number of anilines is 1. The van der Waals surface area contributed by atoms with Crippen molar-refractivity contribution in [2.75, 3.05) is 45.2 Å². The van der Waals surface area contributed by atoms with Gasteiger partial charge in [-0.1, -0.05) is 18.2 Å². The van der Waals surface area contributed by atoms with E-state index in [4.69, 9.17) is 4.74 Å². The second-order valence-electron chi connectivity index (χ2n) is 6.17. The number of piperazine rings is 1. The van der Waals surface area contributed by atoms with Gasteiger partial charge in [0.25, 0.3) is 0 Å². The zero-order chi connectivity index (χ0) is 17.5. The topological polar surface area (TPSA) is 57.7 Å². The molecule has 1 aromatic heterocycles. The number of carbonyl (C=O) groups is 1. The highest BCUT2D eigenvalue weighted by molar-refractivity contribution is 5.92. The predicted molar refractivity (Wildman–Crippen MR) is 97.6 cm³/mol. The van der Waals surface area contributed by atoms with Crippen molar-refractivity contribution in [2.24, 2.45) is 0 Å². The molecule has 1 aliphatic rings. The molecule has 0 radical (unpaired) electrons. The Kier molecular flexibility index (Phi) is 5.98. The van der Waals surface area contributed by atoms with Gasteiger partial charge in [0.2, 0.25) is 11.8 Å². The Morgan fingerprint density at radius 1 is 1.12 bits per heavy atom. The first-order valence-electron chi connectivity index (χ1n) is 8.51. The Morgan fingerprint density at radius 3 is 2.56 bits per heavy atom. The van der Waals surface area contributed by atoms with Gasteiger partial charge in [0.05, 0.1) is 13.7 Å². The largest absolute Gasteiger partial charge is 0.481 e. The molecule has 132 valence electrons. The summed E-state index contributed by atoms with van der Waals surface area (Å²) in [6, 6.07) is 13.6. The summed E-state index contributed by atoms with van der Waals surface area (Å²) >= 11 is 0. The van der Waals surface area contributed by atoms with Crippen molar-refractivity contribution < 1.29 is 9.53 Å². The van der Waals surface area contributed by atoms with Gasteiger partial charge in [-0.2, -0.15) is 0 Å². The van der Waals surface area contributed by atoms with Crippen molar-refractivity contribution in [1.82, 2.24) is 14.8 Å². The number of methoxy groups -OCH3 is 1. The van der Waals surface area contributed by atoms with E-state index in [0.29, 0.717) is 12.4 Å². The van der Waals surface area contributed by atoms with Crippen molar-refractivity contribution >= 4 is 11.6 Å². The Bertz CT molecular complexity index is 685. The molecule has 2 aromatic rings. The van der Waals surface area contributed by atoms with Gasteiger partial charge in [-0.05, 0) is 23.8 Å². The smallest absolute Gasteiger partial charge is 0.238 e. The molecule has 0 atom stereocenters. The first kappa shape index (κ1) is 17.4. The molecular weight excluding hydrogens is 316 g/mol. The van der Waals surface area contributed by atoms with Gasteiger partial charge in [0, 0.05) is 50.7 Å². The van der Waals surface area contributed by atoms with Crippen LogP contribution in [-0.2, 0) is 11.3 Å². The number of ether oxygens (including phenoxy) is 1. The first-order chi connectivity index (χ1) is 12.2. The van der Waals surface area contributed by atoms with E-state index in [0.717, 1.165) is 38.4 Å². The Morgan fingerprint density at radius 2 is 1.84 bits per heavy atom. The van der Waals surface area contributed by atoms with Crippen LogP contribution in [0, 0.1) is 0 Å². The maximum Gasteiger partial charge on any atom is 0.238 e. The third-order valence-corrected chi connectivity index (χ3v) is 4.30. The summed E-state index contributed by atoms with van der Waals surface area (Å²) in [6.45, 7) is 5.00. The molecule has 0 spiro atoms. The van der Waals surface area contributed by atoms with Gasteiger partial charge in [-0.3, -0.25) is 14.6 Å². The average molecular weight is 340 g/mol. The molecule has 1 N–H and O–H groups in total. The SMILES string of the molecule is COc1cc(CN2CCN(CC(=O)Nc3ccccc3)CC2)ccn1. The maximum absolute atomic E-state index is 12.1. The Balaban J connectivity index is 1.43. The van der Waals surface area contributed by atoms with E-state index in [1.165, 1.54) is 5.56 Å². The van der Waals surface area contributed by atoms with E-state index >= 15 is 0 Å². The van der Waals surface area contributed by atoms with E-state index in [-0.39, 0.29) is 5.91 Å². The van der Waals surface area contributed by atoms with Crippen molar-refractivity contribution in [1.29, 1.82) is 0 Å². The first-order valence-corrected chi connectivity index (χ1v) is 8.51. The number of hydrogen-bond donors (Lipinski definition) is 1. The van der Waals surface area contributed by atoms with Crippen LogP contribution in [0.15, 0.2) is 48.7 Å². The number of para-hydroxylation sites is 1. The van der Waals surface area contributed by atoms with Crippen LogP contribution in [0.25, 0.3) is 0 Å². The number of aromatic nitrogens is 1. The fraction of sp³-hybridized carbons (Fsp3) is 0.368. The second kappa shape index (κ2) is 8.60. The standard InChI is InChI=1S/C19H24N4O2/c1-25-19-13-16(7-8-20-19)14-22-9-11-23(12-10-22)15-18(24)21-17-5-3-2-4-6-17/h2-8,13H,9-12,14-15H2,1H3,(H,21,24). The minimum Gasteiger partial charge on any atom is -0.481 e. The second-order valence-corrected chi connectivity index (χ2v) is 6.17. The lowest BCUT2D eigenvalue weighted by Crippen LogP contribution is -2.48. The van der Waals surface area contributed by atoms with E-state index in [2.05, 4.69) is 20.1 Å². The molecule has 6 nitrogen and oxygen atoms in total. The molecule has 1 saturated heterocycles. The highest BCUT2D eigenvalue weighted by atomic mass is 16.5. The number of nitrogens with zero attached hydrogens (tertiary/aromatic N) is 3. The van der Waals surface area contributed by atoms with E-state index in [1.807, 2.05) is 42.5 Å². The number of nitrogens with one attached hydrogen (secondary N) is 1. The van der Waals surface area contributed by atoms with Crippen molar-refractivity contribution in [2.45, 2.75) is 6.54 Å². The Hall–Kier alpha value is -2.44. The molecule has 6 heteroatoms. The molecular formula is C19H24N4O2. The minimum absolute atomic E-state index is 0.0403. The van der Waals surface area contributed by atoms with Crippen LogP contribution in [0.4, 0.5) is 5.69 Å². The van der Waals surface area contributed by atoms with Crippen LogP contribution in [0.3, 0.4) is 0 Å². The maximum atomic E-state index is 12.1. The summed E-state index contributed by atoms with van der Waals surface area (Å²) in [4.78, 5) is 20.9.